The van der Waals surface area contributed by atoms with Crippen molar-refractivity contribution >= 4 is 35.4 Å². The molecule has 3 amide bonds. The molecule has 0 aromatic heterocycles. The van der Waals surface area contributed by atoms with Gasteiger partial charge in [0.15, 0.2) is 5.78 Å². The first-order chi connectivity index (χ1) is 33.9. The summed E-state index contributed by atoms with van der Waals surface area (Å²) in [7, 11) is 2.01. The molecular weight excluding hydrogens is 917 g/mol. The summed E-state index contributed by atoms with van der Waals surface area (Å²) in [6.07, 6.45) is 18.4. The standard InChI is InChI=1S/C53H100N4O14/c1-52(2,3)50(63)45(57(7)53(4,5)6)24-22-23-30-54-47(59)29-32-66-34-36-68-38-40-70-42-43-71-41-39-69-37-35-67-33-31-55-46(58)28-27-44(51(64)65)56-48(60)25-20-18-16-14-12-10-8-9-11-13-15-17-19-21-26-49(61)62/h44-45H,8-43H2,1-7H3,(H,54,59)(H,55,58)(H,56,60)(H,61,62)(H,64,65)/t44-,45?/m0/s1. The number of Topliss-reactive ketones (excluding diaryl/α,β-unsaturated/α-hetero) is 1. The molecule has 0 saturated carbocycles. The minimum atomic E-state index is -1.16. The number of nitrogens with zero attached hydrogens (tertiary/aromatic N) is 1. The summed E-state index contributed by atoms with van der Waals surface area (Å²) in [6, 6.07) is -1.27. The summed E-state index contributed by atoms with van der Waals surface area (Å²) < 4.78 is 33.0. The van der Waals surface area contributed by atoms with E-state index in [1.807, 2.05) is 27.8 Å². The largest absolute Gasteiger partial charge is 0.481 e. The van der Waals surface area contributed by atoms with Gasteiger partial charge in [0.2, 0.25) is 17.7 Å². The van der Waals surface area contributed by atoms with Crippen LogP contribution in [0, 0.1) is 5.41 Å². The molecular formula is C53H100N4O14. The molecule has 416 valence electrons. The third kappa shape index (κ3) is 42.9. The maximum Gasteiger partial charge on any atom is 0.326 e. The maximum atomic E-state index is 13.1. The number of hydrogen-bond acceptors (Lipinski definition) is 13. The van der Waals surface area contributed by atoms with E-state index in [0.29, 0.717) is 85.6 Å². The summed E-state index contributed by atoms with van der Waals surface area (Å²) in [4.78, 5) is 74.3. The molecule has 0 saturated heterocycles. The van der Waals surface area contributed by atoms with Crippen molar-refractivity contribution in [3.05, 3.63) is 0 Å². The number of carbonyl (C=O) groups is 6. The van der Waals surface area contributed by atoms with Crippen LogP contribution in [-0.4, -0.2) is 168 Å². The van der Waals surface area contributed by atoms with Crippen molar-refractivity contribution in [3.63, 3.8) is 0 Å². The van der Waals surface area contributed by atoms with E-state index in [1.54, 1.807) is 0 Å². The quantitative estimate of drug-likeness (QED) is 0.0377. The number of aliphatic carboxylic acids is 2. The molecule has 5 N–H and O–H groups in total. The molecule has 0 aliphatic carbocycles. The Kier molecular flexibility index (Phi) is 42.2. The van der Waals surface area contributed by atoms with Crippen LogP contribution in [0.2, 0.25) is 0 Å². The van der Waals surface area contributed by atoms with E-state index in [1.165, 1.54) is 44.9 Å². The van der Waals surface area contributed by atoms with Crippen molar-refractivity contribution in [2.24, 2.45) is 5.41 Å². The van der Waals surface area contributed by atoms with Gasteiger partial charge in [0, 0.05) is 49.7 Å². The third-order valence-electron chi connectivity index (χ3n) is 12.0. The maximum absolute atomic E-state index is 13.1. The van der Waals surface area contributed by atoms with Crippen LogP contribution < -0.4 is 16.0 Å². The second-order valence-corrected chi connectivity index (χ2v) is 20.4. The Bertz CT molecular complexity index is 1390. The van der Waals surface area contributed by atoms with E-state index in [4.69, 9.17) is 33.5 Å². The van der Waals surface area contributed by atoms with Crippen LogP contribution in [-0.2, 0) is 57.2 Å². The topological polar surface area (TPSA) is 238 Å². The molecule has 0 aliphatic rings. The monoisotopic (exact) mass is 1020 g/mol. The molecule has 0 heterocycles. The van der Waals surface area contributed by atoms with E-state index in [-0.39, 0.29) is 80.3 Å². The van der Waals surface area contributed by atoms with Crippen molar-refractivity contribution in [2.45, 2.75) is 200 Å². The fourth-order valence-corrected chi connectivity index (χ4v) is 7.45. The van der Waals surface area contributed by atoms with Crippen molar-refractivity contribution in [2.75, 3.05) is 99.4 Å². The number of ketones is 1. The van der Waals surface area contributed by atoms with Gasteiger partial charge in [-0.25, -0.2) is 4.79 Å². The Labute approximate surface area is 427 Å². The van der Waals surface area contributed by atoms with Gasteiger partial charge in [-0.05, 0) is 66.3 Å². The molecule has 2 atom stereocenters. The lowest BCUT2D eigenvalue weighted by atomic mass is 9.83. The smallest absolute Gasteiger partial charge is 0.326 e. The first kappa shape index (κ1) is 67.7. The number of carbonyl (C=O) groups excluding carboxylic acids is 4. The molecule has 18 heteroatoms. The van der Waals surface area contributed by atoms with E-state index >= 15 is 0 Å². The number of amides is 3. The molecule has 0 spiro atoms. The minimum absolute atomic E-state index is 0.00267. The minimum Gasteiger partial charge on any atom is -0.481 e. The lowest BCUT2D eigenvalue weighted by Gasteiger charge is -2.40. The SMILES string of the molecule is CN(C(CCCCNC(=O)CCOCCOCCOCCOCCOCCOCCNC(=O)CC[C@H](NC(=O)CCCCCCCCCCCCCCCCC(=O)O)C(=O)O)C(=O)C(C)(C)C)C(C)(C)C. The highest BCUT2D eigenvalue weighted by Gasteiger charge is 2.35. The molecule has 0 bridgehead atoms. The van der Waals surface area contributed by atoms with Crippen LogP contribution in [0.15, 0.2) is 0 Å². The Hall–Kier alpha value is -3.26. The van der Waals surface area contributed by atoms with Gasteiger partial charge in [-0.1, -0.05) is 97.8 Å². The van der Waals surface area contributed by atoms with Crippen LogP contribution in [0.5, 0.6) is 0 Å². The van der Waals surface area contributed by atoms with Crippen LogP contribution in [0.4, 0.5) is 0 Å². The number of ether oxygens (including phenoxy) is 6. The second-order valence-electron chi connectivity index (χ2n) is 20.4. The molecule has 18 nitrogen and oxygen atoms in total. The average molecular weight is 1020 g/mol. The fourth-order valence-electron chi connectivity index (χ4n) is 7.45. The normalized spacial score (nSPS) is 12.7. The van der Waals surface area contributed by atoms with Crippen LogP contribution in [0.25, 0.3) is 0 Å². The van der Waals surface area contributed by atoms with Crippen molar-refractivity contribution in [1.29, 1.82) is 0 Å². The Morgan fingerprint density at radius 2 is 0.831 bits per heavy atom. The summed E-state index contributed by atoms with van der Waals surface area (Å²) in [5.74, 6) is -2.31. The molecule has 1 unspecified atom stereocenters. The number of carboxylic acids is 2. The fraction of sp³-hybridized carbons (Fsp3) is 0.887. The Morgan fingerprint density at radius 1 is 0.437 bits per heavy atom. The van der Waals surface area contributed by atoms with E-state index in [2.05, 4.69) is 41.6 Å². The van der Waals surface area contributed by atoms with Gasteiger partial charge in [0.25, 0.3) is 0 Å². The third-order valence-corrected chi connectivity index (χ3v) is 12.0. The number of rotatable bonds is 50. The summed E-state index contributed by atoms with van der Waals surface area (Å²) in [5.41, 5.74) is -0.526. The zero-order valence-corrected chi connectivity index (χ0v) is 45.4. The second kappa shape index (κ2) is 44.2. The molecule has 0 fully saturated rings. The molecule has 0 radical (unpaired) electrons. The predicted octanol–water partition coefficient (Wildman–Crippen LogP) is 7.27. The zero-order valence-electron chi connectivity index (χ0n) is 45.4. The first-order valence-electron chi connectivity index (χ1n) is 26.9. The Balaban J connectivity index is 3.63. The summed E-state index contributed by atoms with van der Waals surface area (Å²) >= 11 is 0. The molecule has 0 aliphatic heterocycles. The van der Waals surface area contributed by atoms with Crippen LogP contribution in [0.1, 0.15) is 183 Å². The zero-order chi connectivity index (χ0) is 53.0. The average Bonchev–Trinajstić information content (AvgIpc) is 3.30. The number of nitrogens with one attached hydrogen (secondary N) is 3. The molecule has 71 heavy (non-hydrogen) atoms. The highest BCUT2D eigenvalue weighted by molar-refractivity contribution is 5.88. The molecule has 0 aromatic carbocycles. The van der Waals surface area contributed by atoms with Gasteiger partial charge < -0.3 is 54.6 Å². The number of unbranched alkanes of at least 4 members (excludes halogenated alkanes) is 14. The van der Waals surface area contributed by atoms with Crippen molar-refractivity contribution < 1.29 is 67.4 Å². The summed E-state index contributed by atoms with van der Waals surface area (Å²) in [5, 5.41) is 26.4. The number of likely N-dealkylation sites (N-methyl/N-ethyl adjacent to an activating group) is 1. The van der Waals surface area contributed by atoms with Gasteiger partial charge in [-0.15, -0.1) is 0 Å². The van der Waals surface area contributed by atoms with Gasteiger partial charge in [-0.2, -0.15) is 0 Å². The van der Waals surface area contributed by atoms with Crippen molar-refractivity contribution in [3.8, 4) is 0 Å². The number of carboxylic acid groups (broad SMARTS) is 2. The highest BCUT2D eigenvalue weighted by atomic mass is 16.6. The predicted molar refractivity (Wildman–Crippen MR) is 275 cm³/mol. The lowest BCUT2D eigenvalue weighted by molar-refractivity contribution is -0.142. The molecule has 0 rings (SSSR count). The van der Waals surface area contributed by atoms with Gasteiger partial charge >= 0.3 is 11.9 Å². The highest BCUT2D eigenvalue weighted by Crippen LogP contribution is 2.26. The van der Waals surface area contributed by atoms with Crippen molar-refractivity contribution in [1.82, 2.24) is 20.9 Å². The molecule has 0 aromatic rings. The van der Waals surface area contributed by atoms with E-state index < -0.39 is 23.4 Å². The van der Waals surface area contributed by atoms with Gasteiger partial charge in [0.1, 0.15) is 6.04 Å². The van der Waals surface area contributed by atoms with Crippen LogP contribution in [0.3, 0.4) is 0 Å². The van der Waals surface area contributed by atoms with Gasteiger partial charge in [-0.3, -0.25) is 28.9 Å². The number of hydrogen-bond donors (Lipinski definition) is 5. The Morgan fingerprint density at radius 3 is 1.25 bits per heavy atom. The lowest BCUT2D eigenvalue weighted by Crippen LogP contribution is -2.51. The van der Waals surface area contributed by atoms with E-state index in [9.17, 15) is 33.9 Å². The van der Waals surface area contributed by atoms with Crippen LogP contribution >= 0.6 is 0 Å². The first-order valence-corrected chi connectivity index (χ1v) is 26.9. The van der Waals surface area contributed by atoms with Gasteiger partial charge in [0.05, 0.1) is 85.3 Å². The van der Waals surface area contributed by atoms with E-state index in [0.717, 1.165) is 57.8 Å². The summed E-state index contributed by atoms with van der Waals surface area (Å²) in [6.45, 7) is 17.7.